The molecule has 0 N–H and O–H groups in total. The largest absolute Gasteiger partial charge is 0.416 e. The third-order valence-corrected chi connectivity index (χ3v) is 7.01. The summed E-state index contributed by atoms with van der Waals surface area (Å²) in [6.07, 6.45) is 13.8. The summed E-state index contributed by atoms with van der Waals surface area (Å²) in [6.45, 7) is 5.91. The number of rotatable bonds is 19. The number of halogens is 3. The van der Waals surface area contributed by atoms with E-state index in [0.717, 1.165) is 37.4 Å². The Kier molecular flexibility index (Phi) is 14.5. The van der Waals surface area contributed by atoms with Crippen molar-refractivity contribution in [1.29, 1.82) is 0 Å². The molecule has 1 amide bonds. The number of carbonyl (C=O) groups is 1. The maximum Gasteiger partial charge on any atom is 0.416 e. The van der Waals surface area contributed by atoms with Gasteiger partial charge in [-0.15, -0.1) is 0 Å². The zero-order chi connectivity index (χ0) is 26.9. The summed E-state index contributed by atoms with van der Waals surface area (Å²) < 4.78 is 41.3. The second-order valence-corrected chi connectivity index (χ2v) is 10.3. The predicted molar refractivity (Wildman–Crippen MR) is 146 cm³/mol. The van der Waals surface area contributed by atoms with Gasteiger partial charge in [-0.25, -0.2) is 0 Å². The lowest BCUT2D eigenvalue weighted by molar-refractivity contribution is -0.137. The molecule has 0 aliphatic carbocycles. The molecular formula is C31H47F3N2O. The van der Waals surface area contributed by atoms with Gasteiger partial charge in [0.2, 0.25) is 5.91 Å². The third kappa shape index (κ3) is 12.2. The second-order valence-electron chi connectivity index (χ2n) is 10.3. The van der Waals surface area contributed by atoms with Crippen molar-refractivity contribution in [2.24, 2.45) is 0 Å². The Morgan fingerprint density at radius 3 is 2.05 bits per heavy atom. The summed E-state index contributed by atoms with van der Waals surface area (Å²) in [5.74, 6) is 0.177. The van der Waals surface area contributed by atoms with Crippen LogP contribution in [-0.4, -0.2) is 21.9 Å². The predicted octanol–water partition coefficient (Wildman–Crippen LogP) is 9.38. The lowest BCUT2D eigenvalue weighted by atomic mass is 10.1. The molecule has 1 aromatic carbocycles. The Morgan fingerprint density at radius 2 is 1.43 bits per heavy atom. The first-order chi connectivity index (χ1) is 17.8. The molecule has 0 saturated heterocycles. The summed E-state index contributed by atoms with van der Waals surface area (Å²) in [4.78, 5) is 15.0. The van der Waals surface area contributed by atoms with Crippen molar-refractivity contribution in [2.45, 2.75) is 123 Å². The number of alkyl halides is 3. The molecule has 37 heavy (non-hydrogen) atoms. The molecule has 1 aromatic heterocycles. The number of amides is 1. The smallest absolute Gasteiger partial charge is 0.345 e. The Labute approximate surface area is 222 Å². The van der Waals surface area contributed by atoms with Gasteiger partial charge in [-0.3, -0.25) is 4.79 Å². The van der Waals surface area contributed by atoms with Crippen LogP contribution in [0.25, 0.3) is 0 Å². The highest BCUT2D eigenvalue weighted by Gasteiger charge is 2.30. The first kappa shape index (κ1) is 31.0. The van der Waals surface area contributed by atoms with Gasteiger partial charge in [-0.2, -0.15) is 13.2 Å². The highest BCUT2D eigenvalue weighted by Crippen LogP contribution is 2.29. The molecule has 0 atom stereocenters. The fourth-order valence-electron chi connectivity index (χ4n) is 4.72. The number of nitrogens with zero attached hydrogens (tertiary/aromatic N) is 2. The van der Waals surface area contributed by atoms with E-state index in [1.165, 1.54) is 69.9 Å². The van der Waals surface area contributed by atoms with Crippen molar-refractivity contribution in [3.05, 3.63) is 59.4 Å². The van der Waals surface area contributed by atoms with Crippen LogP contribution in [0.5, 0.6) is 0 Å². The van der Waals surface area contributed by atoms with Gasteiger partial charge in [-0.05, 0) is 42.7 Å². The summed E-state index contributed by atoms with van der Waals surface area (Å²) in [7, 11) is 0. The van der Waals surface area contributed by atoms with Crippen LogP contribution in [0.15, 0.2) is 42.6 Å². The van der Waals surface area contributed by atoms with Gasteiger partial charge in [0.15, 0.2) is 0 Å². The average Bonchev–Trinajstić information content (AvgIpc) is 3.30. The maximum atomic E-state index is 13.1. The molecule has 0 spiro atoms. The number of unbranched alkanes of at least 4 members (excludes halogenated alkanes) is 11. The van der Waals surface area contributed by atoms with E-state index in [2.05, 4.69) is 13.8 Å². The van der Waals surface area contributed by atoms with Crippen LogP contribution in [0.1, 0.15) is 121 Å². The van der Waals surface area contributed by atoms with E-state index in [0.29, 0.717) is 31.6 Å². The van der Waals surface area contributed by atoms with E-state index in [1.54, 1.807) is 6.07 Å². The van der Waals surface area contributed by atoms with Crippen LogP contribution in [0, 0.1) is 0 Å². The zero-order valence-corrected chi connectivity index (χ0v) is 23.0. The quantitative estimate of drug-likeness (QED) is 0.169. The van der Waals surface area contributed by atoms with E-state index in [1.807, 2.05) is 27.8 Å². The van der Waals surface area contributed by atoms with Crippen LogP contribution in [0.4, 0.5) is 13.2 Å². The summed E-state index contributed by atoms with van der Waals surface area (Å²) in [6, 6.07) is 9.32. The number of carbonyl (C=O) groups excluding carboxylic acids is 1. The Morgan fingerprint density at radius 1 is 0.811 bits per heavy atom. The summed E-state index contributed by atoms with van der Waals surface area (Å²) >= 11 is 0. The molecule has 2 rings (SSSR count). The number of hydrogen-bond donors (Lipinski definition) is 0. The van der Waals surface area contributed by atoms with Crippen LogP contribution >= 0.6 is 0 Å². The Hall–Kier alpha value is -2.24. The van der Waals surface area contributed by atoms with Gasteiger partial charge in [0.25, 0.3) is 0 Å². The van der Waals surface area contributed by atoms with Gasteiger partial charge >= 0.3 is 6.18 Å². The fourth-order valence-corrected chi connectivity index (χ4v) is 4.72. The first-order valence-electron chi connectivity index (χ1n) is 14.4. The van der Waals surface area contributed by atoms with Crippen LogP contribution in [0.2, 0.25) is 0 Å². The molecule has 208 valence electrons. The minimum absolute atomic E-state index is 0.177. The van der Waals surface area contributed by atoms with E-state index in [-0.39, 0.29) is 5.91 Å². The normalized spacial score (nSPS) is 11.7. The average molecular weight is 521 g/mol. The van der Waals surface area contributed by atoms with Gasteiger partial charge in [0, 0.05) is 31.4 Å². The molecule has 0 unspecified atom stereocenters. The van der Waals surface area contributed by atoms with E-state index in [4.69, 9.17) is 0 Å². The molecule has 6 heteroatoms. The van der Waals surface area contributed by atoms with Crippen molar-refractivity contribution in [1.82, 2.24) is 9.47 Å². The summed E-state index contributed by atoms with van der Waals surface area (Å²) in [5, 5.41) is 0. The zero-order valence-electron chi connectivity index (χ0n) is 23.0. The van der Waals surface area contributed by atoms with Crippen molar-refractivity contribution < 1.29 is 18.0 Å². The molecule has 0 fully saturated rings. The molecular weight excluding hydrogens is 473 g/mol. The minimum atomic E-state index is -4.35. The van der Waals surface area contributed by atoms with Crippen molar-refractivity contribution in [3.63, 3.8) is 0 Å². The number of hydrogen-bond acceptors (Lipinski definition) is 1. The highest BCUT2D eigenvalue weighted by atomic mass is 19.4. The second kappa shape index (κ2) is 17.3. The molecule has 1 heterocycles. The molecule has 3 nitrogen and oxygen atoms in total. The molecule has 0 bridgehead atoms. The van der Waals surface area contributed by atoms with Gasteiger partial charge in [0.05, 0.1) is 12.1 Å². The van der Waals surface area contributed by atoms with Gasteiger partial charge in [-0.1, -0.05) is 96.6 Å². The highest BCUT2D eigenvalue weighted by molar-refractivity contribution is 5.76. The van der Waals surface area contributed by atoms with Gasteiger partial charge < -0.3 is 9.47 Å². The lowest BCUT2D eigenvalue weighted by Gasteiger charge is -2.24. The topological polar surface area (TPSA) is 25.2 Å². The third-order valence-electron chi connectivity index (χ3n) is 7.01. The first-order valence-corrected chi connectivity index (χ1v) is 14.4. The number of aromatic nitrogens is 1. The Balaban J connectivity index is 1.81. The van der Waals surface area contributed by atoms with Crippen molar-refractivity contribution in [2.75, 3.05) is 6.54 Å². The van der Waals surface area contributed by atoms with Crippen molar-refractivity contribution >= 4 is 5.91 Å². The minimum Gasteiger partial charge on any atom is -0.345 e. The lowest BCUT2D eigenvalue weighted by Crippen LogP contribution is -2.32. The van der Waals surface area contributed by atoms with Crippen LogP contribution in [0.3, 0.4) is 0 Å². The molecule has 0 aliphatic heterocycles. The Bertz CT molecular complexity index is 891. The number of benzene rings is 1. The van der Waals surface area contributed by atoms with E-state index in [9.17, 15) is 18.0 Å². The molecule has 0 aliphatic rings. The van der Waals surface area contributed by atoms with E-state index < -0.39 is 11.7 Å². The van der Waals surface area contributed by atoms with E-state index >= 15 is 0 Å². The molecule has 2 aromatic rings. The SMILES string of the molecule is CCCCCCCCCCCCCC(=O)N(CCCC)Cc1cccn1Cc1cccc(C(F)(F)F)c1. The fraction of sp³-hybridized carbons (Fsp3) is 0.645. The van der Waals surface area contributed by atoms with Crippen LogP contribution < -0.4 is 0 Å². The maximum absolute atomic E-state index is 13.1. The standard InChI is InChI=1S/C31H47F3N2O/c1-3-5-7-8-9-10-11-12-13-14-15-21-30(37)36(22-6-4-2)26-29-20-17-23-35(29)25-27-18-16-19-28(24-27)31(32,33)34/h16-20,23-24H,3-15,21-22,25-26H2,1-2H3. The van der Waals surface area contributed by atoms with Crippen molar-refractivity contribution in [3.8, 4) is 0 Å². The van der Waals surface area contributed by atoms with Crippen LogP contribution in [-0.2, 0) is 24.1 Å². The summed E-state index contributed by atoms with van der Waals surface area (Å²) in [5.41, 5.74) is 0.908. The molecule has 0 radical (unpaired) electrons. The molecule has 0 saturated carbocycles. The van der Waals surface area contributed by atoms with Gasteiger partial charge in [0.1, 0.15) is 0 Å². The monoisotopic (exact) mass is 520 g/mol.